The number of hydrogen-bond donors (Lipinski definition) is 1. The smallest absolute Gasteiger partial charge is 0.251 e. The lowest BCUT2D eigenvalue weighted by Gasteiger charge is -2.23. The van der Waals surface area contributed by atoms with Crippen molar-refractivity contribution in [3.05, 3.63) is 47.5 Å². The molecule has 0 saturated heterocycles. The van der Waals surface area contributed by atoms with E-state index in [1.54, 1.807) is 12.1 Å². The summed E-state index contributed by atoms with van der Waals surface area (Å²) in [6, 6.07) is 11.6. The molecule has 2 aromatic carbocycles. The summed E-state index contributed by atoms with van der Waals surface area (Å²) < 4.78 is 15.9. The normalized spacial score (nSPS) is 10.3. The highest BCUT2D eigenvalue weighted by Gasteiger charge is 2.17. The monoisotopic (exact) mass is 372 g/mol. The molecule has 0 radical (unpaired) electrons. The number of carbonyl (C=O) groups excluding carboxylic acids is 1. The van der Waals surface area contributed by atoms with Crippen LogP contribution in [0.1, 0.15) is 22.8 Å². The Morgan fingerprint density at radius 3 is 2.22 bits per heavy atom. The van der Waals surface area contributed by atoms with Gasteiger partial charge in [0.25, 0.3) is 5.91 Å². The van der Waals surface area contributed by atoms with E-state index < -0.39 is 0 Å². The molecule has 0 aliphatic heterocycles. The third-order valence-electron chi connectivity index (χ3n) is 4.34. The Morgan fingerprint density at radius 2 is 1.70 bits per heavy atom. The maximum absolute atomic E-state index is 12.6. The second-order valence-electron chi connectivity index (χ2n) is 6.09. The SMILES string of the molecule is CCN(CCNC(=O)c1cc(OC)c(OC)c(OC)c1)c1cccc(C)c1. The topological polar surface area (TPSA) is 60.0 Å². The van der Waals surface area contributed by atoms with Gasteiger partial charge in [0.15, 0.2) is 11.5 Å². The van der Waals surface area contributed by atoms with Crippen molar-refractivity contribution in [2.24, 2.45) is 0 Å². The van der Waals surface area contributed by atoms with Crippen LogP contribution < -0.4 is 24.4 Å². The van der Waals surface area contributed by atoms with Gasteiger partial charge in [0.1, 0.15) is 0 Å². The molecule has 0 aromatic heterocycles. The number of nitrogens with one attached hydrogen (secondary N) is 1. The third-order valence-corrected chi connectivity index (χ3v) is 4.34. The molecule has 2 aromatic rings. The lowest BCUT2D eigenvalue weighted by molar-refractivity contribution is 0.0954. The average molecular weight is 372 g/mol. The fourth-order valence-electron chi connectivity index (χ4n) is 2.91. The molecule has 0 spiro atoms. The van der Waals surface area contributed by atoms with Gasteiger partial charge in [-0.2, -0.15) is 0 Å². The summed E-state index contributed by atoms with van der Waals surface area (Å²) in [6.45, 7) is 6.28. The van der Waals surface area contributed by atoms with Crippen LogP contribution >= 0.6 is 0 Å². The van der Waals surface area contributed by atoms with E-state index in [1.807, 2.05) is 6.07 Å². The van der Waals surface area contributed by atoms with E-state index in [-0.39, 0.29) is 5.91 Å². The van der Waals surface area contributed by atoms with Gasteiger partial charge in [0.05, 0.1) is 21.3 Å². The zero-order chi connectivity index (χ0) is 19.8. The van der Waals surface area contributed by atoms with Gasteiger partial charge in [-0.3, -0.25) is 4.79 Å². The third kappa shape index (κ3) is 5.06. The second-order valence-corrected chi connectivity index (χ2v) is 6.09. The summed E-state index contributed by atoms with van der Waals surface area (Å²) >= 11 is 0. The molecule has 1 N–H and O–H groups in total. The number of amides is 1. The largest absolute Gasteiger partial charge is 0.493 e. The van der Waals surface area contributed by atoms with Crippen LogP contribution in [0, 0.1) is 6.92 Å². The van der Waals surface area contributed by atoms with Crippen molar-refractivity contribution in [1.29, 1.82) is 0 Å². The van der Waals surface area contributed by atoms with Gasteiger partial charge in [-0.25, -0.2) is 0 Å². The van der Waals surface area contributed by atoms with Crippen LogP contribution in [0.3, 0.4) is 0 Å². The van der Waals surface area contributed by atoms with Crippen LogP contribution in [-0.2, 0) is 0 Å². The van der Waals surface area contributed by atoms with Gasteiger partial charge in [-0.1, -0.05) is 12.1 Å². The molecular formula is C21H28N2O4. The molecule has 2 rings (SSSR count). The number of rotatable bonds is 9. The van der Waals surface area contributed by atoms with Crippen molar-refractivity contribution in [3.63, 3.8) is 0 Å². The Kier molecular flexibility index (Phi) is 7.34. The zero-order valence-corrected chi connectivity index (χ0v) is 16.7. The maximum Gasteiger partial charge on any atom is 0.251 e. The molecule has 0 aliphatic rings. The summed E-state index contributed by atoms with van der Waals surface area (Å²) in [7, 11) is 4.59. The van der Waals surface area contributed by atoms with E-state index in [1.165, 1.54) is 26.9 Å². The lowest BCUT2D eigenvalue weighted by atomic mass is 10.1. The van der Waals surface area contributed by atoms with Crippen LogP contribution in [0.25, 0.3) is 0 Å². The van der Waals surface area contributed by atoms with Crippen molar-refractivity contribution in [3.8, 4) is 17.2 Å². The number of benzene rings is 2. The lowest BCUT2D eigenvalue weighted by Crippen LogP contribution is -2.35. The zero-order valence-electron chi connectivity index (χ0n) is 16.7. The Labute approximate surface area is 161 Å². The molecule has 0 atom stereocenters. The molecule has 27 heavy (non-hydrogen) atoms. The van der Waals surface area contributed by atoms with Crippen LogP contribution in [0.15, 0.2) is 36.4 Å². The summed E-state index contributed by atoms with van der Waals surface area (Å²) in [4.78, 5) is 14.8. The van der Waals surface area contributed by atoms with Gasteiger partial charge in [0.2, 0.25) is 5.75 Å². The quantitative estimate of drug-likeness (QED) is 0.732. The number of hydrogen-bond acceptors (Lipinski definition) is 5. The fraction of sp³-hybridized carbons (Fsp3) is 0.381. The minimum Gasteiger partial charge on any atom is -0.493 e. The van der Waals surface area contributed by atoms with E-state index >= 15 is 0 Å². The van der Waals surface area contributed by atoms with Crippen molar-refractivity contribution in [1.82, 2.24) is 5.32 Å². The fourth-order valence-corrected chi connectivity index (χ4v) is 2.91. The minimum absolute atomic E-state index is 0.186. The Bertz CT molecular complexity index is 752. The number of anilines is 1. The van der Waals surface area contributed by atoms with Crippen LogP contribution in [-0.4, -0.2) is 46.9 Å². The number of methoxy groups -OCH3 is 3. The molecule has 0 fully saturated rings. The van der Waals surface area contributed by atoms with E-state index in [9.17, 15) is 4.79 Å². The Morgan fingerprint density at radius 1 is 1.04 bits per heavy atom. The number of ether oxygens (including phenoxy) is 3. The Hall–Kier alpha value is -2.89. The predicted molar refractivity (Wildman–Crippen MR) is 107 cm³/mol. The molecule has 0 heterocycles. The van der Waals surface area contributed by atoms with Crippen molar-refractivity contribution < 1.29 is 19.0 Å². The molecule has 146 valence electrons. The van der Waals surface area contributed by atoms with Gasteiger partial charge in [-0.15, -0.1) is 0 Å². The van der Waals surface area contributed by atoms with Crippen LogP contribution in [0.5, 0.6) is 17.2 Å². The standard InChI is InChI=1S/C21H28N2O4/c1-6-23(17-9-7-8-15(2)12-17)11-10-22-21(24)16-13-18(25-3)20(27-5)19(14-16)26-4/h7-9,12-14H,6,10-11H2,1-5H3,(H,22,24). The summed E-state index contributed by atoms with van der Waals surface area (Å²) in [6.07, 6.45) is 0. The maximum atomic E-state index is 12.6. The molecule has 0 unspecified atom stereocenters. The van der Waals surface area contributed by atoms with E-state index in [0.29, 0.717) is 29.4 Å². The number of nitrogens with zero attached hydrogens (tertiary/aromatic N) is 1. The van der Waals surface area contributed by atoms with E-state index in [2.05, 4.69) is 42.3 Å². The van der Waals surface area contributed by atoms with Gasteiger partial charge in [-0.05, 0) is 43.7 Å². The molecule has 0 saturated carbocycles. The molecule has 6 heteroatoms. The van der Waals surface area contributed by atoms with E-state index in [4.69, 9.17) is 14.2 Å². The highest BCUT2D eigenvalue weighted by atomic mass is 16.5. The first-order chi connectivity index (χ1) is 13.0. The summed E-state index contributed by atoms with van der Waals surface area (Å²) in [5, 5.41) is 2.96. The molecular weight excluding hydrogens is 344 g/mol. The van der Waals surface area contributed by atoms with E-state index in [0.717, 1.165) is 18.8 Å². The summed E-state index contributed by atoms with van der Waals surface area (Å²) in [5.74, 6) is 1.19. The highest BCUT2D eigenvalue weighted by molar-refractivity contribution is 5.95. The predicted octanol–water partition coefficient (Wildman–Crippen LogP) is 3.28. The first-order valence-electron chi connectivity index (χ1n) is 8.93. The first-order valence-corrected chi connectivity index (χ1v) is 8.93. The van der Waals surface area contributed by atoms with Gasteiger partial charge < -0.3 is 24.4 Å². The van der Waals surface area contributed by atoms with Crippen LogP contribution in [0.2, 0.25) is 0 Å². The first kappa shape index (κ1) is 20.4. The number of likely N-dealkylation sites (N-methyl/N-ethyl adjacent to an activating group) is 1. The van der Waals surface area contributed by atoms with Crippen molar-refractivity contribution >= 4 is 11.6 Å². The average Bonchev–Trinajstić information content (AvgIpc) is 2.69. The minimum atomic E-state index is -0.186. The molecule has 0 aliphatic carbocycles. The Balaban J connectivity index is 2.05. The second kappa shape index (κ2) is 9.71. The van der Waals surface area contributed by atoms with Gasteiger partial charge >= 0.3 is 0 Å². The number of carbonyl (C=O) groups is 1. The van der Waals surface area contributed by atoms with Crippen molar-refractivity contribution in [2.45, 2.75) is 13.8 Å². The highest BCUT2D eigenvalue weighted by Crippen LogP contribution is 2.38. The summed E-state index contributed by atoms with van der Waals surface area (Å²) in [5.41, 5.74) is 2.83. The molecule has 1 amide bonds. The van der Waals surface area contributed by atoms with Gasteiger partial charge in [0, 0.05) is 30.9 Å². The molecule has 0 bridgehead atoms. The number of aryl methyl sites for hydroxylation is 1. The van der Waals surface area contributed by atoms with Crippen molar-refractivity contribution in [2.75, 3.05) is 45.9 Å². The molecule has 6 nitrogen and oxygen atoms in total. The van der Waals surface area contributed by atoms with Crippen LogP contribution in [0.4, 0.5) is 5.69 Å².